The van der Waals surface area contributed by atoms with E-state index in [1.165, 1.54) is 16.5 Å². The van der Waals surface area contributed by atoms with Crippen LogP contribution in [0.4, 0.5) is 0 Å². The summed E-state index contributed by atoms with van der Waals surface area (Å²) in [4.78, 5) is 15.6. The fraction of sp³-hybridized carbons (Fsp3) is 0.387. The molecule has 196 valence electrons. The number of Topliss-reactive ketones (excluding diaryl/α,β-unsaturated/α-hetero) is 1. The molecule has 0 aliphatic rings. The largest absolute Gasteiger partial charge is 0.504 e. The minimum Gasteiger partial charge on any atom is -0.504 e. The van der Waals surface area contributed by atoms with Crippen molar-refractivity contribution in [3.8, 4) is 11.5 Å². The molecule has 0 fully saturated rings. The van der Waals surface area contributed by atoms with Gasteiger partial charge in [0, 0.05) is 36.8 Å². The first-order valence-corrected chi connectivity index (χ1v) is 13.4. The number of hydrogen-bond acceptors (Lipinski definition) is 4. The van der Waals surface area contributed by atoms with Crippen LogP contribution in [-0.2, 0) is 30.8 Å². The van der Waals surface area contributed by atoms with Crippen LogP contribution in [0.3, 0.4) is 0 Å². The fourth-order valence-corrected chi connectivity index (χ4v) is 4.68. The minimum absolute atomic E-state index is 0.0602. The highest BCUT2D eigenvalue weighted by molar-refractivity contribution is 5.83. The van der Waals surface area contributed by atoms with Crippen LogP contribution < -0.4 is 4.74 Å². The molecule has 2 heterocycles. The molecule has 6 nitrogen and oxygen atoms in total. The van der Waals surface area contributed by atoms with Crippen molar-refractivity contribution in [2.45, 2.75) is 77.5 Å². The number of ether oxygens (including phenoxy) is 1. The maximum atomic E-state index is 12.3. The predicted octanol–water partition coefficient (Wildman–Crippen LogP) is 6.33. The number of fused-ring (bicyclic) bond motifs is 1. The summed E-state index contributed by atoms with van der Waals surface area (Å²) in [6.45, 7) is 2.39. The maximum Gasteiger partial charge on any atom is 0.165 e. The number of aromatic hydroxyl groups is 1. The second-order valence-electron chi connectivity index (χ2n) is 9.87. The maximum absolute atomic E-state index is 12.3. The molecule has 0 radical (unpaired) electrons. The fourth-order valence-electron chi connectivity index (χ4n) is 4.68. The Labute approximate surface area is 218 Å². The van der Waals surface area contributed by atoms with E-state index >= 15 is 0 Å². The predicted molar refractivity (Wildman–Crippen MR) is 147 cm³/mol. The van der Waals surface area contributed by atoms with Crippen LogP contribution in [0.15, 0.2) is 67.1 Å². The van der Waals surface area contributed by atoms with Gasteiger partial charge in [-0.2, -0.15) is 0 Å². The molecule has 1 unspecified atom stereocenters. The summed E-state index contributed by atoms with van der Waals surface area (Å²) in [5.41, 5.74) is 4.56. The number of hydrogen-bond donors (Lipinski definition) is 3. The van der Waals surface area contributed by atoms with Gasteiger partial charge in [0.15, 0.2) is 18.2 Å². The zero-order chi connectivity index (χ0) is 26.0. The van der Waals surface area contributed by atoms with Gasteiger partial charge in [0.25, 0.3) is 0 Å². The molecular formula is C31H38N2O4. The Morgan fingerprint density at radius 1 is 1.03 bits per heavy atom. The lowest BCUT2D eigenvalue weighted by Crippen LogP contribution is -2.14. The lowest BCUT2D eigenvalue weighted by molar-refractivity contribution is -0.121. The van der Waals surface area contributed by atoms with Gasteiger partial charge in [-0.05, 0) is 54.5 Å². The molecule has 37 heavy (non-hydrogen) atoms. The Balaban J connectivity index is 1.29. The number of phenolic OH excluding ortho intramolecular Hbond substituents is 1. The van der Waals surface area contributed by atoms with E-state index in [1.807, 2.05) is 22.9 Å². The molecule has 0 spiro atoms. The lowest BCUT2D eigenvalue weighted by atomic mass is 10.0. The van der Waals surface area contributed by atoms with Crippen molar-refractivity contribution >= 4 is 16.7 Å². The number of nitrogens with one attached hydrogen (secondary N) is 1. The van der Waals surface area contributed by atoms with E-state index in [1.54, 1.807) is 12.1 Å². The van der Waals surface area contributed by atoms with Gasteiger partial charge < -0.3 is 24.5 Å². The number of aliphatic hydroxyl groups excluding tert-OH is 1. The number of aromatic nitrogens is 2. The Morgan fingerprint density at radius 3 is 2.68 bits per heavy atom. The van der Waals surface area contributed by atoms with Crippen molar-refractivity contribution in [3.05, 3.63) is 83.8 Å². The molecule has 2 aromatic carbocycles. The van der Waals surface area contributed by atoms with Gasteiger partial charge in [0.1, 0.15) is 5.78 Å². The molecule has 4 rings (SSSR count). The highest BCUT2D eigenvalue weighted by atomic mass is 16.5. The van der Waals surface area contributed by atoms with Crippen LogP contribution >= 0.6 is 0 Å². The highest BCUT2D eigenvalue weighted by Gasteiger charge is 2.13. The Kier molecular flexibility index (Phi) is 9.44. The molecule has 0 aliphatic carbocycles. The topological polar surface area (TPSA) is 87.5 Å². The number of aryl methyl sites for hydroxylation is 3. The van der Waals surface area contributed by atoms with Crippen molar-refractivity contribution in [3.63, 3.8) is 0 Å². The average Bonchev–Trinajstić information content (AvgIpc) is 3.47. The van der Waals surface area contributed by atoms with E-state index in [-0.39, 0.29) is 24.7 Å². The number of H-pyrrole nitrogens is 1. The van der Waals surface area contributed by atoms with Crippen LogP contribution in [0.5, 0.6) is 11.5 Å². The summed E-state index contributed by atoms with van der Waals surface area (Å²) >= 11 is 0. The average molecular weight is 503 g/mol. The third kappa shape index (κ3) is 7.73. The number of carbonyl (C=O) groups excluding carboxylic acids is 1. The molecule has 0 bridgehead atoms. The van der Waals surface area contributed by atoms with E-state index in [9.17, 15) is 15.0 Å². The van der Waals surface area contributed by atoms with Crippen LogP contribution in [-0.4, -0.2) is 31.7 Å². The lowest BCUT2D eigenvalue weighted by Gasteiger charge is -2.11. The van der Waals surface area contributed by atoms with Gasteiger partial charge in [-0.25, -0.2) is 0 Å². The number of ketones is 1. The third-order valence-electron chi connectivity index (χ3n) is 6.84. The van der Waals surface area contributed by atoms with Gasteiger partial charge in [-0.3, -0.25) is 4.79 Å². The third-order valence-corrected chi connectivity index (χ3v) is 6.84. The standard InChI is InChI=1S/C31H38N2O4/c1-2-3-5-10-26(34)18-27(35)15-12-24-13-16-30(36)31(17-24)37-22-33-20-28-25(19-32-29(28)21-33)14-11-23-8-6-4-7-9-23/h4,6-9,13,16-17,19-21,26,32,34,36H,2-3,5,10-12,14-15,18,22H2,1H3. The second-order valence-corrected chi connectivity index (χ2v) is 9.87. The van der Waals surface area contributed by atoms with Crippen molar-refractivity contribution in [1.29, 1.82) is 0 Å². The monoisotopic (exact) mass is 502 g/mol. The minimum atomic E-state index is -0.552. The van der Waals surface area contributed by atoms with Gasteiger partial charge in [-0.1, -0.05) is 62.6 Å². The Bertz CT molecular complexity index is 1280. The van der Waals surface area contributed by atoms with Gasteiger partial charge in [0.2, 0.25) is 0 Å². The number of nitrogens with zero attached hydrogens (tertiary/aromatic N) is 1. The number of unbranched alkanes of at least 4 members (excludes halogenated alkanes) is 2. The number of phenols is 1. The zero-order valence-corrected chi connectivity index (χ0v) is 21.7. The number of aromatic amines is 1. The summed E-state index contributed by atoms with van der Waals surface area (Å²) < 4.78 is 7.89. The van der Waals surface area contributed by atoms with E-state index in [4.69, 9.17) is 4.74 Å². The summed E-state index contributed by atoms with van der Waals surface area (Å²) in [5.74, 6) is 0.527. The Hall–Kier alpha value is -3.51. The van der Waals surface area contributed by atoms with Crippen molar-refractivity contribution in [1.82, 2.24) is 9.55 Å². The van der Waals surface area contributed by atoms with Gasteiger partial charge in [0.05, 0.1) is 11.6 Å². The van der Waals surface area contributed by atoms with E-state index in [0.29, 0.717) is 25.0 Å². The molecule has 0 amide bonds. The molecule has 0 saturated heterocycles. The van der Waals surface area contributed by atoms with Crippen LogP contribution in [0.25, 0.3) is 10.9 Å². The molecule has 0 saturated carbocycles. The summed E-state index contributed by atoms with van der Waals surface area (Å²) in [6.07, 6.45) is 12.5. The zero-order valence-electron chi connectivity index (χ0n) is 21.7. The molecule has 0 aliphatic heterocycles. The molecule has 4 aromatic rings. The number of benzene rings is 2. The van der Waals surface area contributed by atoms with Crippen LogP contribution in [0, 0.1) is 0 Å². The highest BCUT2D eigenvalue weighted by Crippen LogP contribution is 2.28. The number of aliphatic hydroxyl groups is 1. The molecular weight excluding hydrogens is 464 g/mol. The first-order valence-electron chi connectivity index (χ1n) is 13.4. The number of carbonyl (C=O) groups is 1. The van der Waals surface area contributed by atoms with E-state index < -0.39 is 6.10 Å². The summed E-state index contributed by atoms with van der Waals surface area (Å²) in [5, 5.41) is 21.5. The molecule has 3 N–H and O–H groups in total. The molecule has 6 heteroatoms. The van der Waals surface area contributed by atoms with E-state index in [0.717, 1.165) is 43.2 Å². The van der Waals surface area contributed by atoms with Gasteiger partial charge >= 0.3 is 0 Å². The SMILES string of the molecule is CCCCCC(O)CC(=O)CCc1ccc(O)c(OCn2cc3[nH]cc(CCc4ccccc4)c3c2)c1. The normalized spacial score (nSPS) is 12.2. The Morgan fingerprint density at radius 2 is 1.86 bits per heavy atom. The summed E-state index contributed by atoms with van der Waals surface area (Å²) in [6, 6.07) is 15.7. The molecule has 2 aromatic heterocycles. The summed E-state index contributed by atoms with van der Waals surface area (Å²) in [7, 11) is 0. The quantitative estimate of drug-likeness (QED) is 0.166. The van der Waals surface area contributed by atoms with Gasteiger partial charge in [-0.15, -0.1) is 0 Å². The smallest absolute Gasteiger partial charge is 0.165 e. The van der Waals surface area contributed by atoms with Crippen LogP contribution in [0.1, 0.15) is 62.1 Å². The first-order chi connectivity index (χ1) is 18.0. The number of rotatable bonds is 15. The van der Waals surface area contributed by atoms with Crippen molar-refractivity contribution < 1.29 is 19.7 Å². The van der Waals surface area contributed by atoms with Crippen molar-refractivity contribution in [2.75, 3.05) is 0 Å². The first kappa shape index (κ1) is 26.6. The van der Waals surface area contributed by atoms with Crippen LogP contribution in [0.2, 0.25) is 0 Å². The molecule has 1 atom stereocenters. The second kappa shape index (κ2) is 13.2. The van der Waals surface area contributed by atoms with E-state index in [2.05, 4.69) is 48.6 Å². The van der Waals surface area contributed by atoms with Crippen molar-refractivity contribution in [2.24, 2.45) is 0 Å².